The number of imide groups is 1. The number of hydrogen-bond donors (Lipinski definition) is 2. The molecule has 0 saturated heterocycles. The predicted molar refractivity (Wildman–Crippen MR) is 104 cm³/mol. The number of nitrogens with one attached hydrogen (secondary N) is 2. The molecular weight excluding hydrogens is 360 g/mol. The molecule has 0 fully saturated rings. The van der Waals surface area contributed by atoms with Crippen LogP contribution in [-0.4, -0.2) is 31.1 Å². The summed E-state index contributed by atoms with van der Waals surface area (Å²) in [6, 6.07) is 15.2. The first kappa shape index (κ1) is 21.0. The fourth-order valence-corrected chi connectivity index (χ4v) is 2.41. The molecule has 0 heterocycles. The van der Waals surface area contributed by atoms with Crippen molar-refractivity contribution in [3.8, 4) is 5.75 Å². The molecule has 0 saturated carbocycles. The molecule has 0 aliphatic rings. The number of ether oxygens (including phenoxy) is 2. The molecule has 2 rings (SSSR count). The molecule has 7 nitrogen and oxygen atoms in total. The minimum atomic E-state index is -1.26. The molecule has 0 aromatic heterocycles. The topological polar surface area (TPSA) is 93.7 Å². The quantitative estimate of drug-likeness (QED) is 0.683. The van der Waals surface area contributed by atoms with Crippen molar-refractivity contribution in [1.82, 2.24) is 10.6 Å². The normalized spacial score (nSPS) is 11.2. The van der Waals surface area contributed by atoms with Crippen molar-refractivity contribution in [2.24, 2.45) is 0 Å². The average molecular weight is 384 g/mol. The molecule has 1 atom stereocenters. The zero-order chi connectivity index (χ0) is 20.4. The largest absolute Gasteiger partial charge is 0.482 e. The number of carbonyl (C=O) groups is 3. The Balaban J connectivity index is 2.01. The van der Waals surface area contributed by atoms with Crippen LogP contribution in [0.25, 0.3) is 0 Å². The lowest BCUT2D eigenvalue weighted by Crippen LogP contribution is -2.42. The lowest BCUT2D eigenvalue weighted by atomic mass is 10.1. The Morgan fingerprint density at radius 3 is 2.25 bits per heavy atom. The number of esters is 1. The van der Waals surface area contributed by atoms with Gasteiger partial charge in [0.15, 0.2) is 6.61 Å². The van der Waals surface area contributed by atoms with Crippen LogP contribution in [0.15, 0.2) is 54.6 Å². The van der Waals surface area contributed by atoms with Crippen LogP contribution in [0.3, 0.4) is 0 Å². The minimum absolute atomic E-state index is 0.358. The van der Waals surface area contributed by atoms with Crippen LogP contribution >= 0.6 is 0 Å². The number of hydrogen-bond acceptors (Lipinski definition) is 5. The number of urea groups is 1. The lowest BCUT2D eigenvalue weighted by Gasteiger charge is -2.18. The molecule has 28 heavy (non-hydrogen) atoms. The van der Waals surface area contributed by atoms with Gasteiger partial charge in [0.1, 0.15) is 5.75 Å². The zero-order valence-electron chi connectivity index (χ0n) is 15.9. The molecule has 7 heteroatoms. The number of amides is 3. The van der Waals surface area contributed by atoms with Gasteiger partial charge in [-0.1, -0.05) is 49.4 Å². The molecule has 3 amide bonds. The fourth-order valence-electron chi connectivity index (χ4n) is 2.41. The Morgan fingerprint density at radius 1 is 0.964 bits per heavy atom. The van der Waals surface area contributed by atoms with E-state index in [4.69, 9.17) is 9.47 Å². The Labute approximate surface area is 164 Å². The highest BCUT2D eigenvalue weighted by Crippen LogP contribution is 2.18. The standard InChI is InChI=1S/C21H24N2O5/c1-3-15-10-12-17(13-11-15)27-14-18(24)28-19(16-8-6-5-7-9-16)20(25)23-21(26)22-4-2/h5-13,19H,3-4,14H2,1-2H3,(H2,22,23,25,26)/t19-/m1/s1. The molecule has 0 bridgehead atoms. The predicted octanol–water partition coefficient (Wildman–Crippen LogP) is 2.76. The summed E-state index contributed by atoms with van der Waals surface area (Å²) in [6.07, 6.45) is -0.357. The highest BCUT2D eigenvalue weighted by atomic mass is 16.6. The van der Waals surface area contributed by atoms with Crippen molar-refractivity contribution < 1.29 is 23.9 Å². The summed E-state index contributed by atoms with van der Waals surface area (Å²) < 4.78 is 10.7. The Bertz CT molecular complexity index is 790. The number of aryl methyl sites for hydroxylation is 1. The van der Waals surface area contributed by atoms with E-state index < -0.39 is 24.0 Å². The summed E-state index contributed by atoms with van der Waals surface area (Å²) in [5.74, 6) is -0.936. The molecule has 148 valence electrons. The van der Waals surface area contributed by atoms with Crippen molar-refractivity contribution in [1.29, 1.82) is 0 Å². The summed E-state index contributed by atoms with van der Waals surface area (Å²) in [5.41, 5.74) is 1.60. The molecule has 2 aromatic carbocycles. The second kappa shape index (κ2) is 10.7. The van der Waals surface area contributed by atoms with Gasteiger partial charge in [-0.25, -0.2) is 9.59 Å². The third-order valence-corrected chi connectivity index (χ3v) is 3.85. The van der Waals surface area contributed by atoms with Gasteiger partial charge < -0.3 is 14.8 Å². The summed E-state index contributed by atoms with van der Waals surface area (Å²) in [5, 5.41) is 4.62. The van der Waals surface area contributed by atoms with E-state index in [0.717, 1.165) is 12.0 Å². The molecule has 0 aliphatic carbocycles. The van der Waals surface area contributed by atoms with E-state index >= 15 is 0 Å². The summed E-state index contributed by atoms with van der Waals surface area (Å²) in [6.45, 7) is 3.77. The Kier molecular flexibility index (Phi) is 8.02. The van der Waals surface area contributed by atoms with Crippen LogP contribution in [0, 0.1) is 0 Å². The van der Waals surface area contributed by atoms with E-state index in [0.29, 0.717) is 17.9 Å². The molecule has 0 radical (unpaired) electrons. The smallest absolute Gasteiger partial charge is 0.345 e. The maximum absolute atomic E-state index is 12.4. The molecule has 2 aromatic rings. The summed E-state index contributed by atoms with van der Waals surface area (Å²) in [7, 11) is 0. The maximum Gasteiger partial charge on any atom is 0.345 e. The van der Waals surface area contributed by atoms with Gasteiger partial charge in [-0.05, 0) is 31.0 Å². The van der Waals surface area contributed by atoms with Crippen molar-refractivity contribution in [2.45, 2.75) is 26.4 Å². The molecular formula is C21H24N2O5. The van der Waals surface area contributed by atoms with Crippen LogP contribution in [0.4, 0.5) is 4.79 Å². The van der Waals surface area contributed by atoms with Crippen molar-refractivity contribution in [2.75, 3.05) is 13.2 Å². The van der Waals surface area contributed by atoms with Gasteiger partial charge >= 0.3 is 12.0 Å². The fraction of sp³-hybridized carbons (Fsp3) is 0.286. The average Bonchev–Trinajstić information content (AvgIpc) is 2.71. The Hall–Kier alpha value is -3.35. The van der Waals surface area contributed by atoms with Gasteiger partial charge in [0, 0.05) is 12.1 Å². The van der Waals surface area contributed by atoms with Crippen molar-refractivity contribution >= 4 is 17.9 Å². The van der Waals surface area contributed by atoms with Crippen LogP contribution in [0.5, 0.6) is 5.75 Å². The van der Waals surface area contributed by atoms with E-state index in [1.54, 1.807) is 49.4 Å². The van der Waals surface area contributed by atoms with Crippen molar-refractivity contribution in [3.63, 3.8) is 0 Å². The van der Waals surface area contributed by atoms with Gasteiger partial charge in [-0.15, -0.1) is 0 Å². The minimum Gasteiger partial charge on any atom is -0.482 e. The summed E-state index contributed by atoms with van der Waals surface area (Å²) >= 11 is 0. The van der Waals surface area contributed by atoms with E-state index in [-0.39, 0.29) is 6.61 Å². The van der Waals surface area contributed by atoms with E-state index in [2.05, 4.69) is 10.6 Å². The first-order chi connectivity index (χ1) is 13.5. The highest BCUT2D eigenvalue weighted by Gasteiger charge is 2.26. The highest BCUT2D eigenvalue weighted by molar-refractivity contribution is 5.97. The Morgan fingerprint density at radius 2 is 1.64 bits per heavy atom. The molecule has 0 aliphatic heterocycles. The first-order valence-electron chi connectivity index (χ1n) is 9.08. The monoisotopic (exact) mass is 384 g/mol. The molecule has 2 N–H and O–H groups in total. The van der Waals surface area contributed by atoms with Gasteiger partial charge in [-0.2, -0.15) is 0 Å². The third-order valence-electron chi connectivity index (χ3n) is 3.85. The second-order valence-corrected chi connectivity index (χ2v) is 5.92. The molecule has 0 unspecified atom stereocenters. The van der Waals surface area contributed by atoms with E-state index in [1.165, 1.54) is 0 Å². The van der Waals surface area contributed by atoms with Gasteiger partial charge in [-0.3, -0.25) is 10.1 Å². The van der Waals surface area contributed by atoms with Gasteiger partial charge in [0.2, 0.25) is 6.10 Å². The zero-order valence-corrected chi connectivity index (χ0v) is 15.9. The second-order valence-electron chi connectivity index (χ2n) is 5.92. The van der Waals surface area contributed by atoms with Crippen molar-refractivity contribution in [3.05, 3.63) is 65.7 Å². The van der Waals surface area contributed by atoms with Crippen LogP contribution < -0.4 is 15.4 Å². The first-order valence-corrected chi connectivity index (χ1v) is 9.08. The number of benzene rings is 2. The third kappa shape index (κ3) is 6.42. The number of carbonyl (C=O) groups excluding carboxylic acids is 3. The number of rotatable bonds is 8. The van der Waals surface area contributed by atoms with Crippen LogP contribution in [-0.2, 0) is 20.7 Å². The summed E-state index contributed by atoms with van der Waals surface area (Å²) in [4.78, 5) is 36.3. The molecule has 0 spiro atoms. The van der Waals surface area contributed by atoms with Gasteiger partial charge in [0.05, 0.1) is 0 Å². The SMILES string of the molecule is CCNC(=O)NC(=O)[C@H](OC(=O)COc1ccc(CC)cc1)c1ccccc1. The maximum atomic E-state index is 12.4. The van der Waals surface area contributed by atoms with Gasteiger partial charge in [0.25, 0.3) is 5.91 Å². The van der Waals surface area contributed by atoms with Crippen LogP contribution in [0.2, 0.25) is 0 Å². The van der Waals surface area contributed by atoms with E-state index in [9.17, 15) is 14.4 Å². The van der Waals surface area contributed by atoms with Crippen LogP contribution in [0.1, 0.15) is 31.1 Å². The lowest BCUT2D eigenvalue weighted by molar-refractivity contribution is -0.158. The van der Waals surface area contributed by atoms with E-state index in [1.807, 2.05) is 19.1 Å².